The van der Waals surface area contributed by atoms with Gasteiger partial charge in [0.15, 0.2) is 0 Å². The van der Waals surface area contributed by atoms with Crippen LogP contribution in [-0.2, 0) is 42.1 Å². The molecular formula is C7H16N2SiW2-2. The molecule has 0 spiro atoms. The Labute approximate surface area is 105 Å². The van der Waals surface area contributed by atoms with Gasteiger partial charge < -0.3 is 10.3 Å². The maximum atomic E-state index is 4.68. The summed E-state index contributed by atoms with van der Waals surface area (Å²) in [5.74, 6) is 0. The Morgan fingerprint density at radius 1 is 1.25 bits per heavy atom. The molecule has 0 radical (unpaired) electrons. The fourth-order valence-electron chi connectivity index (χ4n) is 1.16. The van der Waals surface area contributed by atoms with Crippen LogP contribution >= 0.6 is 0 Å². The second-order valence-corrected chi connectivity index (χ2v) is 8.43. The van der Waals surface area contributed by atoms with E-state index in [1.807, 2.05) is 0 Å². The predicted molar refractivity (Wildman–Crippen MR) is 48.0 cm³/mol. The van der Waals surface area contributed by atoms with Gasteiger partial charge in [0.05, 0.1) is 0 Å². The molecule has 0 bridgehead atoms. The van der Waals surface area contributed by atoms with Gasteiger partial charge in [-0.15, -0.1) is 0 Å². The normalized spacial score (nSPS) is 22.8. The first-order valence-corrected chi connectivity index (χ1v) is 7.41. The van der Waals surface area contributed by atoms with Gasteiger partial charge in [-0.3, -0.25) is 0 Å². The molecule has 72 valence electrons. The number of hydrogen-bond donors (Lipinski definition) is 0. The van der Waals surface area contributed by atoms with E-state index in [9.17, 15) is 0 Å². The first kappa shape index (κ1) is 16.0. The zero-order valence-corrected chi connectivity index (χ0v) is 14.8. The molecule has 0 amide bonds. The van der Waals surface area contributed by atoms with E-state index in [-0.39, 0.29) is 42.1 Å². The van der Waals surface area contributed by atoms with Crippen molar-refractivity contribution in [2.75, 3.05) is 6.54 Å². The van der Waals surface area contributed by atoms with Crippen molar-refractivity contribution in [1.29, 1.82) is 0 Å². The first-order valence-electron chi connectivity index (χ1n) is 3.96. The van der Waals surface area contributed by atoms with Gasteiger partial charge in [-0.2, -0.15) is 6.54 Å². The predicted octanol–water partition coefficient (Wildman–Crippen LogP) is 2.68. The maximum Gasteiger partial charge on any atom is 0 e. The van der Waals surface area contributed by atoms with Crippen LogP contribution in [0.4, 0.5) is 0 Å². The summed E-state index contributed by atoms with van der Waals surface area (Å²) < 4.78 is 0. The Balaban J connectivity index is 0. The van der Waals surface area contributed by atoms with Gasteiger partial charge in [-0.05, 0) is 0 Å². The molecule has 1 heterocycles. The van der Waals surface area contributed by atoms with Crippen molar-refractivity contribution in [3.63, 3.8) is 0 Å². The second kappa shape index (κ2) is 6.89. The van der Waals surface area contributed by atoms with Crippen molar-refractivity contribution in [3.05, 3.63) is 10.3 Å². The molecule has 0 saturated carbocycles. The molecule has 5 heteroatoms. The van der Waals surface area contributed by atoms with Crippen LogP contribution in [0.15, 0.2) is 0 Å². The molecular weight excluding hydrogens is 508 g/mol. The van der Waals surface area contributed by atoms with Crippen molar-refractivity contribution in [2.24, 2.45) is 0 Å². The van der Waals surface area contributed by atoms with Crippen LogP contribution in [0.25, 0.3) is 10.3 Å². The van der Waals surface area contributed by atoms with Crippen LogP contribution in [0, 0.1) is 0 Å². The molecule has 1 aliphatic heterocycles. The third kappa shape index (κ3) is 6.97. The van der Waals surface area contributed by atoms with Gasteiger partial charge in [-0.25, -0.2) is 6.17 Å². The van der Waals surface area contributed by atoms with Crippen LogP contribution in [0.2, 0.25) is 19.6 Å². The van der Waals surface area contributed by atoms with Gasteiger partial charge in [0.2, 0.25) is 0 Å². The minimum atomic E-state index is -1.19. The number of hydrogen-bond acceptors (Lipinski definition) is 0. The Morgan fingerprint density at radius 2 is 1.83 bits per heavy atom. The van der Waals surface area contributed by atoms with Crippen LogP contribution < -0.4 is 0 Å². The second-order valence-electron chi connectivity index (χ2n) is 3.83. The van der Waals surface area contributed by atoms with Crippen molar-refractivity contribution in [1.82, 2.24) is 0 Å². The van der Waals surface area contributed by atoms with Crippen molar-refractivity contribution >= 4 is 8.24 Å². The summed E-state index contributed by atoms with van der Waals surface area (Å²) in [5.41, 5.74) is 0. The smallest absolute Gasteiger partial charge is 0 e. The van der Waals surface area contributed by atoms with E-state index >= 15 is 0 Å². The third-order valence-corrected chi connectivity index (χ3v) is 2.57. The molecule has 1 saturated heterocycles. The summed E-state index contributed by atoms with van der Waals surface area (Å²) >= 11 is 0. The summed E-state index contributed by atoms with van der Waals surface area (Å²) in [6, 6.07) is 0. The molecule has 1 fully saturated rings. The fourth-order valence-corrected chi connectivity index (χ4v) is 2.26. The van der Waals surface area contributed by atoms with Gasteiger partial charge >= 0.3 is 0 Å². The number of nitrogens with zero attached hydrogens (tertiary/aromatic N) is 2. The third-order valence-electron chi connectivity index (χ3n) is 1.50. The largest absolute Gasteiger partial charge is 0.680 e. The van der Waals surface area contributed by atoms with Crippen molar-refractivity contribution in [2.45, 2.75) is 38.6 Å². The quantitative estimate of drug-likeness (QED) is 0.498. The van der Waals surface area contributed by atoms with Gasteiger partial charge in [0.25, 0.3) is 0 Å². The molecule has 1 unspecified atom stereocenters. The molecule has 2 nitrogen and oxygen atoms in total. The van der Waals surface area contributed by atoms with Gasteiger partial charge in [0, 0.05) is 42.1 Å². The van der Waals surface area contributed by atoms with E-state index in [4.69, 9.17) is 0 Å². The molecule has 1 rings (SSSR count). The summed E-state index contributed by atoms with van der Waals surface area (Å²) in [7, 11) is -1.19. The zero-order valence-electron chi connectivity index (χ0n) is 7.91. The van der Waals surface area contributed by atoms with Crippen LogP contribution in [0.5, 0.6) is 0 Å². The minimum Gasteiger partial charge on any atom is -0.680 e. The minimum absolute atomic E-state index is 0. The van der Waals surface area contributed by atoms with Gasteiger partial charge in [-0.1, -0.05) is 40.7 Å². The summed E-state index contributed by atoms with van der Waals surface area (Å²) in [6.07, 6.45) is 2.81. The van der Waals surface area contributed by atoms with E-state index in [0.29, 0.717) is 6.17 Å². The Morgan fingerprint density at radius 3 is 2.17 bits per heavy atom. The fraction of sp³-hybridized carbons (Fsp3) is 1.00. The van der Waals surface area contributed by atoms with Crippen LogP contribution in [0.3, 0.4) is 0 Å². The number of rotatable bonds is 2. The van der Waals surface area contributed by atoms with Crippen molar-refractivity contribution < 1.29 is 42.1 Å². The average molecular weight is 524 g/mol. The Bertz CT molecular complexity index is 110. The van der Waals surface area contributed by atoms with E-state index in [1.54, 1.807) is 0 Å². The van der Waals surface area contributed by atoms with E-state index < -0.39 is 8.24 Å². The molecule has 0 aromatic rings. The van der Waals surface area contributed by atoms with E-state index in [0.717, 1.165) is 6.54 Å². The molecule has 0 aromatic heterocycles. The SMILES string of the molecule is C[Si](C)(C)[N-]C1CCC[N-]1.[W].[W]. The summed E-state index contributed by atoms with van der Waals surface area (Å²) in [5, 5.41) is 4.39. The molecule has 0 aliphatic carbocycles. The first-order chi connectivity index (χ1) is 4.58. The molecule has 12 heavy (non-hydrogen) atoms. The monoisotopic (exact) mass is 524 g/mol. The Hall–Kier alpha value is 1.51. The molecule has 1 atom stereocenters. The molecule has 0 aromatic carbocycles. The van der Waals surface area contributed by atoms with E-state index in [1.165, 1.54) is 12.8 Å². The summed E-state index contributed by atoms with van der Waals surface area (Å²) in [6.45, 7) is 7.83. The molecule has 1 aliphatic rings. The van der Waals surface area contributed by atoms with Crippen LogP contribution in [0.1, 0.15) is 12.8 Å². The average Bonchev–Trinajstić information content (AvgIpc) is 2.12. The zero-order chi connectivity index (χ0) is 7.61. The van der Waals surface area contributed by atoms with Crippen molar-refractivity contribution in [3.8, 4) is 0 Å². The topological polar surface area (TPSA) is 28.2 Å². The Kier molecular flexibility index (Phi) is 9.17. The van der Waals surface area contributed by atoms with Crippen LogP contribution in [-0.4, -0.2) is 20.9 Å². The summed E-state index contributed by atoms with van der Waals surface area (Å²) in [4.78, 5) is 4.68. The standard InChI is InChI=1S/C7H16N2Si.2W/c1-10(2,3)9-7-5-4-6-8-7;;/h7H,4-6H2,1-3H3;;/q-2;;. The van der Waals surface area contributed by atoms with Gasteiger partial charge in [0.1, 0.15) is 0 Å². The van der Waals surface area contributed by atoms with E-state index in [2.05, 4.69) is 29.9 Å². The maximum absolute atomic E-state index is 4.68. The molecule has 0 N–H and O–H groups in total.